The summed E-state index contributed by atoms with van der Waals surface area (Å²) in [5.41, 5.74) is 21.6. The van der Waals surface area contributed by atoms with E-state index in [4.69, 9.17) is 0 Å². The first-order valence-electron chi connectivity index (χ1n) is 23.3. The molecule has 1 heterocycles. The monoisotopic (exact) mass is 947 g/mol. The minimum atomic E-state index is -5.69. The molecule has 4 heteroatoms. The van der Waals surface area contributed by atoms with Gasteiger partial charge >= 0.3 is 386 Å². The van der Waals surface area contributed by atoms with Crippen LogP contribution in [-0.4, -0.2) is 9.52 Å². The van der Waals surface area contributed by atoms with E-state index in [0.29, 0.717) is 0 Å². The SMILES string of the molecule is CCC1=Cc2c(ccc(C(C)(C)C)c2-c2ccccc2CC)[CH]1[Zr]([Cl])([Cl])([c]1cccc2c1[SiH2]c1ccccc1-2)[CH]1C(CC)=Cc2c1ccc(C(C)(C)C)c2-c1ccccc1CC. The molecule has 1 aliphatic heterocycles. The Balaban J connectivity index is 1.41. The van der Waals surface area contributed by atoms with Crippen molar-refractivity contribution in [2.45, 2.75) is 113 Å². The molecule has 2 atom stereocenters. The third kappa shape index (κ3) is 6.67. The fourth-order valence-electron chi connectivity index (χ4n) is 11.9. The summed E-state index contributed by atoms with van der Waals surface area (Å²) in [5, 5.41) is 2.97. The van der Waals surface area contributed by atoms with E-state index < -0.39 is 25.9 Å². The van der Waals surface area contributed by atoms with Crippen LogP contribution in [0.5, 0.6) is 0 Å². The van der Waals surface area contributed by atoms with Crippen LogP contribution in [0.15, 0.2) is 126 Å². The Morgan fingerprint density at radius 2 is 0.919 bits per heavy atom. The van der Waals surface area contributed by atoms with Crippen molar-refractivity contribution in [1.82, 2.24) is 0 Å². The molecule has 0 fully saturated rings. The van der Waals surface area contributed by atoms with Crippen molar-refractivity contribution in [2.24, 2.45) is 0 Å². The molecule has 6 aromatic rings. The summed E-state index contributed by atoms with van der Waals surface area (Å²) in [6.07, 6.45) is 8.83. The van der Waals surface area contributed by atoms with Gasteiger partial charge in [-0.3, -0.25) is 0 Å². The molecule has 2 aliphatic carbocycles. The van der Waals surface area contributed by atoms with Gasteiger partial charge in [0.05, 0.1) is 0 Å². The third-order valence-electron chi connectivity index (χ3n) is 14.8. The molecule has 2 unspecified atom stereocenters. The summed E-state index contributed by atoms with van der Waals surface area (Å²) < 4.78 is 1.09. The summed E-state index contributed by atoms with van der Waals surface area (Å²) in [5.74, 6) is 0. The molecule has 0 bridgehead atoms. The second-order valence-electron chi connectivity index (χ2n) is 20.3. The first kappa shape index (κ1) is 43.7. The number of allylic oxidation sites excluding steroid dienone is 2. The van der Waals surface area contributed by atoms with Gasteiger partial charge in [-0.15, -0.1) is 0 Å². The quantitative estimate of drug-likeness (QED) is 0.127. The third-order valence-corrected chi connectivity index (χ3v) is 37.6. The second-order valence-corrected chi connectivity index (χ2v) is 42.8. The maximum atomic E-state index is 9.45. The minimum absolute atomic E-state index is 0.0699. The molecule has 0 saturated carbocycles. The fourth-order valence-corrected chi connectivity index (χ4v) is 40.2. The first-order valence-corrected chi connectivity index (χ1v) is 35.1. The molecule has 62 heavy (non-hydrogen) atoms. The van der Waals surface area contributed by atoms with Crippen LogP contribution >= 0.6 is 17.0 Å². The Hall–Kier alpha value is -3.52. The van der Waals surface area contributed by atoms with Gasteiger partial charge in [0.1, 0.15) is 0 Å². The van der Waals surface area contributed by atoms with Crippen LogP contribution in [0.25, 0.3) is 45.5 Å². The number of benzene rings is 6. The topological polar surface area (TPSA) is 0 Å². The van der Waals surface area contributed by atoms with Crippen molar-refractivity contribution >= 4 is 52.3 Å². The van der Waals surface area contributed by atoms with Crippen LogP contribution in [0, 0.1) is 0 Å². The number of hydrogen-bond donors (Lipinski definition) is 0. The average molecular weight is 950 g/mol. The van der Waals surface area contributed by atoms with Crippen molar-refractivity contribution in [3.63, 3.8) is 0 Å². The second kappa shape index (κ2) is 15.9. The van der Waals surface area contributed by atoms with Gasteiger partial charge in [0, 0.05) is 0 Å². The zero-order valence-electron chi connectivity index (χ0n) is 38.6. The van der Waals surface area contributed by atoms with E-state index in [-0.39, 0.29) is 18.1 Å². The van der Waals surface area contributed by atoms with Crippen molar-refractivity contribution in [3.8, 4) is 33.4 Å². The van der Waals surface area contributed by atoms with Crippen LogP contribution < -0.4 is 13.6 Å². The Morgan fingerprint density at radius 1 is 0.484 bits per heavy atom. The first-order chi connectivity index (χ1) is 29.6. The van der Waals surface area contributed by atoms with Gasteiger partial charge in [-0.05, 0) is 0 Å². The Morgan fingerprint density at radius 3 is 1.37 bits per heavy atom. The van der Waals surface area contributed by atoms with Gasteiger partial charge in [-0.2, -0.15) is 0 Å². The average Bonchev–Trinajstić information content (AvgIpc) is 3.97. The van der Waals surface area contributed by atoms with E-state index in [1.54, 1.807) is 0 Å². The molecule has 0 saturated heterocycles. The van der Waals surface area contributed by atoms with E-state index in [9.17, 15) is 17.0 Å². The number of halogens is 2. The molecule has 317 valence electrons. The molecule has 0 N–H and O–H groups in total. The molecule has 0 aromatic heterocycles. The summed E-state index contributed by atoms with van der Waals surface area (Å²) in [6.45, 7) is 23.4. The predicted molar refractivity (Wildman–Crippen MR) is 273 cm³/mol. The standard InChI is InChI=1S/2C23H27.C12H9Si.2ClH.Zr/c2*1-6-16-14-18-12-13-21(23(3,4)5)22(20(18)15-16)19-11-9-8-10-17(19)7-2;1-3-7-11-9(5-1)10-6-2-4-8-12(10)13-11;;;/h2*8-15H,6-7H2,1-5H3;1-7H,13H2;2*1H;/q;;;;;+2/p-2. The number of aryl methyl sites for hydroxylation is 2. The van der Waals surface area contributed by atoms with Crippen LogP contribution in [0.4, 0.5) is 0 Å². The van der Waals surface area contributed by atoms with E-state index in [2.05, 4.69) is 197 Å². The Bertz CT molecular complexity index is 2700. The summed E-state index contributed by atoms with van der Waals surface area (Å²) in [7, 11) is 18.0. The fraction of sp³-hybridized carbons (Fsp3) is 0.310. The molecular formula is C58H63Cl2SiZr. The maximum absolute atomic E-state index is 9.45. The Kier molecular flexibility index (Phi) is 11.2. The number of fused-ring (bicyclic) bond motifs is 5. The van der Waals surface area contributed by atoms with E-state index in [1.165, 1.54) is 103 Å². The summed E-state index contributed by atoms with van der Waals surface area (Å²) in [4.78, 5) is 0. The van der Waals surface area contributed by atoms with Gasteiger partial charge in [0.15, 0.2) is 0 Å². The normalized spacial score (nSPS) is 17.8. The molecule has 6 aromatic carbocycles. The van der Waals surface area contributed by atoms with Crippen molar-refractivity contribution in [3.05, 3.63) is 171 Å². The zero-order valence-corrected chi connectivity index (χ0v) is 44.0. The van der Waals surface area contributed by atoms with E-state index in [0.717, 1.165) is 25.7 Å². The summed E-state index contributed by atoms with van der Waals surface area (Å²) >= 11 is -5.69. The van der Waals surface area contributed by atoms with Crippen molar-refractivity contribution in [1.29, 1.82) is 0 Å². The molecule has 3 aliphatic rings. The number of rotatable bonds is 9. The van der Waals surface area contributed by atoms with E-state index >= 15 is 0 Å². The molecule has 0 amide bonds. The molecule has 0 nitrogen and oxygen atoms in total. The van der Waals surface area contributed by atoms with E-state index in [1.807, 2.05) is 0 Å². The van der Waals surface area contributed by atoms with Crippen molar-refractivity contribution in [2.75, 3.05) is 0 Å². The van der Waals surface area contributed by atoms with Gasteiger partial charge in [0.2, 0.25) is 0 Å². The zero-order chi connectivity index (χ0) is 44.0. The van der Waals surface area contributed by atoms with Gasteiger partial charge in [-0.1, -0.05) is 0 Å². The van der Waals surface area contributed by atoms with Gasteiger partial charge < -0.3 is 0 Å². The molecule has 0 radical (unpaired) electrons. The van der Waals surface area contributed by atoms with Crippen LogP contribution in [0.1, 0.15) is 134 Å². The predicted octanol–water partition coefficient (Wildman–Crippen LogP) is 14.6. The molecular weight excluding hydrogens is 887 g/mol. The number of hydrogen-bond acceptors (Lipinski definition) is 0. The van der Waals surface area contributed by atoms with Gasteiger partial charge in [-0.25, -0.2) is 0 Å². The molecule has 9 rings (SSSR count). The van der Waals surface area contributed by atoms with Crippen LogP contribution in [-0.2, 0) is 40.1 Å². The summed E-state index contributed by atoms with van der Waals surface area (Å²) in [6, 6.07) is 44.1. The van der Waals surface area contributed by atoms with Crippen LogP contribution in [0.2, 0.25) is 0 Å². The van der Waals surface area contributed by atoms with Crippen molar-refractivity contribution < 1.29 is 16.4 Å². The van der Waals surface area contributed by atoms with Gasteiger partial charge in [0.25, 0.3) is 0 Å². The Labute approximate surface area is 383 Å². The molecule has 0 spiro atoms. The van der Waals surface area contributed by atoms with Crippen LogP contribution in [0.3, 0.4) is 0 Å².